The molecule has 2 aromatic carbocycles. The molecule has 0 saturated carbocycles. The highest BCUT2D eigenvalue weighted by atomic mass is 16.2. The minimum absolute atomic E-state index is 0.0428. The van der Waals surface area contributed by atoms with Gasteiger partial charge in [-0.2, -0.15) is 5.10 Å². The number of hydrogen-bond donors (Lipinski definition) is 1. The molecule has 1 fully saturated rings. The van der Waals surface area contributed by atoms with E-state index < -0.39 is 0 Å². The molecule has 0 spiro atoms. The predicted octanol–water partition coefficient (Wildman–Crippen LogP) is 3.73. The lowest BCUT2D eigenvalue weighted by molar-refractivity contribution is -0.121. The van der Waals surface area contributed by atoms with Crippen LogP contribution in [0.4, 0.5) is 5.69 Å². The van der Waals surface area contributed by atoms with Crippen molar-refractivity contribution in [1.29, 1.82) is 0 Å². The Morgan fingerprint density at radius 3 is 2.46 bits per heavy atom. The second kappa shape index (κ2) is 10.2. The third-order valence-electron chi connectivity index (χ3n) is 7.51. The van der Waals surface area contributed by atoms with Crippen LogP contribution in [-0.4, -0.2) is 56.9 Å². The lowest BCUT2D eigenvalue weighted by atomic mass is 9.96. The van der Waals surface area contributed by atoms with Gasteiger partial charge in [-0.3, -0.25) is 19.1 Å². The third kappa shape index (κ3) is 5.01. The average Bonchev–Trinajstić information content (AvgIpc) is 3.25. The van der Waals surface area contributed by atoms with Crippen LogP contribution < -0.4 is 5.32 Å². The minimum Gasteiger partial charge on any atom is -0.336 e. The molecule has 3 heterocycles. The number of likely N-dealkylation sites (tertiary alicyclic amines) is 1. The molecule has 1 atom stereocenters. The molecule has 0 aliphatic carbocycles. The molecule has 2 aliphatic rings. The highest BCUT2D eigenvalue weighted by molar-refractivity contribution is 5.97. The normalized spacial score (nSPS) is 17.3. The van der Waals surface area contributed by atoms with Crippen LogP contribution in [0.15, 0.2) is 48.5 Å². The second-order valence-corrected chi connectivity index (χ2v) is 10.1. The zero-order valence-electron chi connectivity index (χ0n) is 21.7. The minimum atomic E-state index is -0.281. The number of aryl methyl sites for hydroxylation is 3. The van der Waals surface area contributed by atoms with Gasteiger partial charge in [0.25, 0.3) is 11.8 Å². The summed E-state index contributed by atoms with van der Waals surface area (Å²) in [6.07, 6.45) is 2.14. The van der Waals surface area contributed by atoms with E-state index in [0.29, 0.717) is 43.9 Å². The molecular formula is C29H33N5O3. The lowest BCUT2D eigenvalue weighted by Crippen LogP contribution is -2.44. The summed E-state index contributed by atoms with van der Waals surface area (Å²) in [4.78, 5) is 43.4. The molecule has 5 rings (SSSR count). The van der Waals surface area contributed by atoms with E-state index >= 15 is 0 Å². The first-order valence-corrected chi connectivity index (χ1v) is 12.9. The van der Waals surface area contributed by atoms with E-state index in [1.54, 1.807) is 14.5 Å². The molecule has 0 unspecified atom stereocenters. The first-order valence-electron chi connectivity index (χ1n) is 12.9. The quantitative estimate of drug-likeness (QED) is 0.593. The highest BCUT2D eigenvalue weighted by Crippen LogP contribution is 2.27. The molecule has 8 nitrogen and oxygen atoms in total. The number of amides is 3. The summed E-state index contributed by atoms with van der Waals surface area (Å²) in [5.41, 5.74) is 5.73. The molecule has 2 aliphatic heterocycles. The van der Waals surface area contributed by atoms with E-state index in [-0.39, 0.29) is 23.6 Å². The second-order valence-electron chi connectivity index (χ2n) is 10.1. The van der Waals surface area contributed by atoms with Crippen LogP contribution in [0.5, 0.6) is 0 Å². The van der Waals surface area contributed by atoms with Gasteiger partial charge >= 0.3 is 0 Å². The number of rotatable bonds is 4. The van der Waals surface area contributed by atoms with Crippen LogP contribution in [0.3, 0.4) is 0 Å². The molecule has 3 amide bonds. The summed E-state index contributed by atoms with van der Waals surface area (Å²) >= 11 is 0. The fourth-order valence-corrected chi connectivity index (χ4v) is 5.29. The van der Waals surface area contributed by atoms with Gasteiger partial charge in [-0.1, -0.05) is 35.9 Å². The summed E-state index contributed by atoms with van der Waals surface area (Å²) < 4.78 is 1.77. The van der Waals surface area contributed by atoms with Crippen molar-refractivity contribution in [2.75, 3.05) is 25.0 Å². The van der Waals surface area contributed by atoms with Crippen molar-refractivity contribution in [1.82, 2.24) is 19.6 Å². The number of carbonyl (C=O) groups is 3. The van der Waals surface area contributed by atoms with E-state index in [1.807, 2.05) is 69.4 Å². The van der Waals surface area contributed by atoms with E-state index in [9.17, 15) is 14.4 Å². The van der Waals surface area contributed by atoms with E-state index in [2.05, 4.69) is 10.4 Å². The molecule has 0 radical (unpaired) electrons. The molecule has 0 bridgehead atoms. The Labute approximate surface area is 217 Å². The van der Waals surface area contributed by atoms with Gasteiger partial charge in [0.2, 0.25) is 5.91 Å². The number of piperidine rings is 1. The first-order chi connectivity index (χ1) is 17.8. The fourth-order valence-electron chi connectivity index (χ4n) is 5.29. The Morgan fingerprint density at radius 2 is 1.70 bits per heavy atom. The van der Waals surface area contributed by atoms with Crippen LogP contribution in [0, 0.1) is 19.8 Å². The van der Waals surface area contributed by atoms with E-state index in [1.165, 1.54) is 0 Å². The van der Waals surface area contributed by atoms with Gasteiger partial charge in [0, 0.05) is 55.6 Å². The Morgan fingerprint density at radius 1 is 0.946 bits per heavy atom. The Bertz CT molecular complexity index is 1340. The maximum absolute atomic E-state index is 13.7. The van der Waals surface area contributed by atoms with Crippen LogP contribution in [0.25, 0.3) is 0 Å². The molecule has 1 aromatic heterocycles. The number of nitrogens with zero attached hydrogens (tertiary/aromatic N) is 4. The van der Waals surface area contributed by atoms with Crippen molar-refractivity contribution in [2.24, 2.45) is 13.0 Å². The van der Waals surface area contributed by atoms with Gasteiger partial charge in [0.15, 0.2) is 5.69 Å². The molecular weight excluding hydrogens is 466 g/mol. The summed E-state index contributed by atoms with van der Waals surface area (Å²) in [6.45, 7) is 5.83. The molecule has 8 heteroatoms. The number of para-hydroxylation sites is 1. The molecule has 1 N–H and O–H groups in total. The smallest absolute Gasteiger partial charge is 0.274 e. The van der Waals surface area contributed by atoms with Crippen LogP contribution >= 0.6 is 0 Å². The van der Waals surface area contributed by atoms with Crippen molar-refractivity contribution in [3.63, 3.8) is 0 Å². The highest BCUT2D eigenvalue weighted by Gasteiger charge is 2.34. The van der Waals surface area contributed by atoms with Gasteiger partial charge in [-0.25, -0.2) is 0 Å². The van der Waals surface area contributed by atoms with Crippen molar-refractivity contribution >= 4 is 23.4 Å². The predicted molar refractivity (Wildman–Crippen MR) is 141 cm³/mol. The Hall–Kier alpha value is -3.94. The van der Waals surface area contributed by atoms with Crippen LogP contribution in [0.1, 0.15) is 56.1 Å². The zero-order chi connectivity index (χ0) is 26.1. The zero-order valence-corrected chi connectivity index (χ0v) is 21.7. The number of fused-ring (bicyclic) bond motifs is 1. The SMILES string of the molecule is Cc1ccc(C(=O)N2CCc3c(c(C(=O)N4CCC[C@H](C(=O)Nc5ccccc5C)C4)nn3C)C2)cc1. The van der Waals surface area contributed by atoms with E-state index in [4.69, 9.17) is 0 Å². The van der Waals surface area contributed by atoms with Crippen molar-refractivity contribution < 1.29 is 14.4 Å². The topological polar surface area (TPSA) is 87.5 Å². The monoisotopic (exact) mass is 499 g/mol. The van der Waals surface area contributed by atoms with Crippen molar-refractivity contribution in [3.8, 4) is 0 Å². The number of nitrogens with one attached hydrogen (secondary N) is 1. The van der Waals surface area contributed by atoms with Gasteiger partial charge < -0.3 is 15.1 Å². The number of aromatic nitrogens is 2. The summed E-state index contributed by atoms with van der Waals surface area (Å²) in [7, 11) is 1.85. The maximum Gasteiger partial charge on any atom is 0.274 e. The Balaban J connectivity index is 1.31. The summed E-state index contributed by atoms with van der Waals surface area (Å²) in [5, 5.41) is 7.61. The lowest BCUT2D eigenvalue weighted by Gasteiger charge is -2.32. The summed E-state index contributed by atoms with van der Waals surface area (Å²) in [5.74, 6) is -0.560. The first kappa shape index (κ1) is 24.7. The summed E-state index contributed by atoms with van der Waals surface area (Å²) in [6, 6.07) is 15.3. The Kier molecular flexibility index (Phi) is 6.82. The molecule has 3 aromatic rings. The number of carbonyl (C=O) groups excluding carboxylic acids is 3. The van der Waals surface area contributed by atoms with Crippen LogP contribution in [-0.2, 0) is 24.8 Å². The number of hydrogen-bond acceptors (Lipinski definition) is 4. The van der Waals surface area contributed by atoms with Gasteiger partial charge in [-0.15, -0.1) is 0 Å². The van der Waals surface area contributed by atoms with Crippen LogP contribution in [0.2, 0.25) is 0 Å². The standard InChI is InChI=1S/C29H33N5O3/c1-19-10-12-21(13-11-19)28(36)34-16-14-25-23(18-34)26(31-32(25)3)29(37)33-15-6-8-22(17-33)27(35)30-24-9-5-4-7-20(24)2/h4-5,7,9-13,22H,6,8,14-18H2,1-3H3,(H,30,35)/t22-/m0/s1. The van der Waals surface area contributed by atoms with Gasteiger partial charge in [-0.05, 0) is 50.5 Å². The maximum atomic E-state index is 13.7. The van der Waals surface area contributed by atoms with Gasteiger partial charge in [0.05, 0.1) is 12.5 Å². The van der Waals surface area contributed by atoms with Crippen molar-refractivity contribution in [2.45, 2.75) is 39.7 Å². The fraction of sp³-hybridized carbons (Fsp3) is 0.379. The number of benzene rings is 2. The molecule has 192 valence electrons. The molecule has 1 saturated heterocycles. The number of anilines is 1. The van der Waals surface area contributed by atoms with E-state index in [0.717, 1.165) is 40.9 Å². The average molecular weight is 500 g/mol. The van der Waals surface area contributed by atoms with Crippen molar-refractivity contribution in [3.05, 3.63) is 82.2 Å². The third-order valence-corrected chi connectivity index (χ3v) is 7.51. The molecule has 37 heavy (non-hydrogen) atoms. The largest absolute Gasteiger partial charge is 0.336 e. The van der Waals surface area contributed by atoms with Gasteiger partial charge in [0.1, 0.15) is 0 Å².